The van der Waals surface area contributed by atoms with Gasteiger partial charge in [-0.05, 0) is 41.6 Å². The Morgan fingerprint density at radius 2 is 1.89 bits per heavy atom. The molecule has 7 heteroatoms. The predicted molar refractivity (Wildman–Crippen MR) is 74.7 cm³/mol. The van der Waals surface area contributed by atoms with E-state index in [9.17, 15) is 9.59 Å². The molecule has 0 N–H and O–H groups in total. The van der Waals surface area contributed by atoms with E-state index >= 15 is 0 Å². The zero-order valence-electron chi connectivity index (χ0n) is 10.7. The molecule has 0 aliphatic carbocycles. The van der Waals surface area contributed by atoms with E-state index in [1.807, 2.05) is 22.6 Å². The minimum atomic E-state index is -1.05. The molecule has 1 aromatic carbocycles. The summed E-state index contributed by atoms with van der Waals surface area (Å²) in [5.74, 6) is -0.269. The van der Waals surface area contributed by atoms with Crippen molar-refractivity contribution in [2.45, 2.75) is 6.92 Å². The van der Waals surface area contributed by atoms with Crippen LogP contribution >= 0.6 is 22.6 Å². The molecular formula is C12H13IO6. The molecule has 0 aromatic heterocycles. The van der Waals surface area contributed by atoms with Gasteiger partial charge in [0.15, 0.2) is 11.5 Å². The van der Waals surface area contributed by atoms with Gasteiger partial charge in [-0.1, -0.05) is 0 Å². The number of carbonyl (C=O) groups is 2. The minimum absolute atomic E-state index is 0.0966. The van der Waals surface area contributed by atoms with E-state index in [4.69, 9.17) is 9.47 Å². The van der Waals surface area contributed by atoms with E-state index in [0.29, 0.717) is 5.75 Å². The zero-order chi connectivity index (χ0) is 14.4. The molecule has 0 saturated heterocycles. The Labute approximate surface area is 124 Å². The Morgan fingerprint density at radius 1 is 1.21 bits per heavy atom. The van der Waals surface area contributed by atoms with Crippen LogP contribution in [-0.4, -0.2) is 33.0 Å². The maximum absolute atomic E-state index is 11.9. The Kier molecular flexibility index (Phi) is 5.87. The average molecular weight is 380 g/mol. The summed E-state index contributed by atoms with van der Waals surface area (Å²) in [5.41, 5.74) is 0.0966. The van der Waals surface area contributed by atoms with Crippen molar-refractivity contribution in [1.82, 2.24) is 0 Å². The van der Waals surface area contributed by atoms with Gasteiger partial charge in [-0.15, -0.1) is 0 Å². The van der Waals surface area contributed by atoms with Gasteiger partial charge < -0.3 is 18.9 Å². The van der Waals surface area contributed by atoms with E-state index in [-0.39, 0.29) is 17.9 Å². The lowest BCUT2D eigenvalue weighted by Gasteiger charge is -2.12. The highest BCUT2D eigenvalue weighted by molar-refractivity contribution is 14.1. The lowest BCUT2D eigenvalue weighted by Crippen LogP contribution is -2.15. The fourth-order valence-corrected chi connectivity index (χ4v) is 1.95. The molecule has 0 unspecified atom stereocenters. The second-order valence-corrected chi connectivity index (χ2v) is 4.51. The second kappa shape index (κ2) is 7.17. The van der Waals surface area contributed by atoms with E-state index in [2.05, 4.69) is 9.47 Å². The number of benzene rings is 1. The van der Waals surface area contributed by atoms with Crippen LogP contribution in [0.5, 0.6) is 11.5 Å². The highest BCUT2D eigenvalue weighted by Gasteiger charge is 2.22. The summed E-state index contributed by atoms with van der Waals surface area (Å²) in [6, 6.07) is 3.23. The number of rotatable bonds is 4. The van der Waals surface area contributed by atoms with Crippen LogP contribution in [-0.2, 0) is 9.47 Å². The minimum Gasteiger partial charge on any atom is -0.493 e. The Hall–Kier alpha value is -1.51. The number of esters is 1. The van der Waals surface area contributed by atoms with E-state index in [1.54, 1.807) is 13.0 Å². The normalized spacial score (nSPS) is 9.68. The second-order valence-electron chi connectivity index (χ2n) is 3.26. The summed E-state index contributed by atoms with van der Waals surface area (Å²) >= 11 is 2.01. The maximum Gasteiger partial charge on any atom is 0.516 e. The largest absolute Gasteiger partial charge is 0.516 e. The standard InChI is InChI=1S/C12H13IO6/c1-4-18-12(15)19-11(14)8-5-7(13)6-9(16-2)10(8)17-3/h5-6H,4H2,1-3H3. The molecule has 0 atom stereocenters. The zero-order valence-corrected chi connectivity index (χ0v) is 12.8. The molecule has 0 saturated carbocycles. The van der Waals surface area contributed by atoms with Crippen molar-refractivity contribution >= 4 is 34.7 Å². The number of hydrogen-bond donors (Lipinski definition) is 0. The number of carbonyl (C=O) groups excluding carboxylic acids is 2. The molecule has 0 bridgehead atoms. The fourth-order valence-electron chi connectivity index (χ4n) is 1.36. The number of halogens is 1. The molecule has 1 aromatic rings. The SMILES string of the molecule is CCOC(=O)OC(=O)c1cc(I)cc(OC)c1OC. The van der Waals surface area contributed by atoms with Gasteiger partial charge in [0.1, 0.15) is 5.56 Å². The van der Waals surface area contributed by atoms with E-state index in [0.717, 1.165) is 3.57 Å². The van der Waals surface area contributed by atoms with Gasteiger partial charge in [0.2, 0.25) is 0 Å². The van der Waals surface area contributed by atoms with Crippen LogP contribution in [0.15, 0.2) is 12.1 Å². The highest BCUT2D eigenvalue weighted by atomic mass is 127. The molecule has 0 fully saturated rings. The Bertz CT molecular complexity index is 485. The van der Waals surface area contributed by atoms with Gasteiger partial charge in [-0.3, -0.25) is 0 Å². The highest BCUT2D eigenvalue weighted by Crippen LogP contribution is 2.33. The van der Waals surface area contributed by atoms with Crippen molar-refractivity contribution in [3.63, 3.8) is 0 Å². The van der Waals surface area contributed by atoms with Crippen LogP contribution < -0.4 is 9.47 Å². The molecule has 1 rings (SSSR count). The fraction of sp³-hybridized carbons (Fsp3) is 0.333. The first-order valence-corrected chi connectivity index (χ1v) is 6.41. The van der Waals surface area contributed by atoms with Gasteiger partial charge in [0.05, 0.1) is 20.8 Å². The van der Waals surface area contributed by atoms with E-state index < -0.39 is 12.1 Å². The Balaban J connectivity index is 3.08. The molecule has 0 heterocycles. The molecule has 0 amide bonds. The van der Waals surface area contributed by atoms with Crippen LogP contribution in [0.4, 0.5) is 4.79 Å². The molecule has 6 nitrogen and oxygen atoms in total. The quantitative estimate of drug-likeness (QED) is 0.455. The monoisotopic (exact) mass is 380 g/mol. The van der Waals surface area contributed by atoms with Crippen LogP contribution in [0.25, 0.3) is 0 Å². The van der Waals surface area contributed by atoms with Gasteiger partial charge in [-0.2, -0.15) is 0 Å². The summed E-state index contributed by atoms with van der Waals surface area (Å²) in [7, 11) is 2.85. The van der Waals surface area contributed by atoms with Gasteiger partial charge >= 0.3 is 12.1 Å². The van der Waals surface area contributed by atoms with Crippen molar-refractivity contribution in [2.75, 3.05) is 20.8 Å². The number of hydrogen-bond acceptors (Lipinski definition) is 6. The third kappa shape index (κ3) is 3.98. The topological polar surface area (TPSA) is 71.1 Å². The summed E-state index contributed by atoms with van der Waals surface area (Å²) in [5, 5.41) is 0. The van der Waals surface area contributed by atoms with Crippen molar-refractivity contribution in [1.29, 1.82) is 0 Å². The van der Waals surface area contributed by atoms with Gasteiger partial charge in [0, 0.05) is 3.57 Å². The molecular weight excluding hydrogens is 367 g/mol. The molecule has 0 radical (unpaired) electrons. The smallest absolute Gasteiger partial charge is 0.493 e. The molecule has 0 aliphatic rings. The van der Waals surface area contributed by atoms with Crippen LogP contribution in [0.1, 0.15) is 17.3 Å². The first-order chi connectivity index (χ1) is 9.03. The number of ether oxygens (including phenoxy) is 4. The van der Waals surface area contributed by atoms with Crippen molar-refractivity contribution in [3.05, 3.63) is 21.3 Å². The predicted octanol–water partition coefficient (Wildman–Crippen LogP) is 2.62. The maximum atomic E-state index is 11.9. The first kappa shape index (κ1) is 15.5. The molecule has 19 heavy (non-hydrogen) atoms. The summed E-state index contributed by atoms with van der Waals surface area (Å²) in [6.07, 6.45) is -1.05. The van der Waals surface area contributed by atoms with Crippen LogP contribution in [0.3, 0.4) is 0 Å². The van der Waals surface area contributed by atoms with Gasteiger partial charge in [-0.25, -0.2) is 9.59 Å². The third-order valence-corrected chi connectivity index (χ3v) is 2.72. The van der Waals surface area contributed by atoms with Crippen molar-refractivity contribution in [3.8, 4) is 11.5 Å². The summed E-state index contributed by atoms with van der Waals surface area (Å²) in [4.78, 5) is 23.0. The summed E-state index contributed by atoms with van der Waals surface area (Å²) < 4.78 is 20.0. The lowest BCUT2D eigenvalue weighted by molar-refractivity contribution is 0.0398. The van der Waals surface area contributed by atoms with Crippen LogP contribution in [0, 0.1) is 3.57 Å². The average Bonchev–Trinajstić information content (AvgIpc) is 2.37. The lowest BCUT2D eigenvalue weighted by atomic mass is 10.2. The van der Waals surface area contributed by atoms with Crippen molar-refractivity contribution in [2.24, 2.45) is 0 Å². The molecule has 104 valence electrons. The Morgan fingerprint density at radius 3 is 2.42 bits per heavy atom. The van der Waals surface area contributed by atoms with Crippen molar-refractivity contribution < 1.29 is 28.5 Å². The molecule has 0 aliphatic heterocycles. The third-order valence-electron chi connectivity index (χ3n) is 2.10. The summed E-state index contributed by atoms with van der Waals surface area (Å²) in [6.45, 7) is 1.74. The van der Waals surface area contributed by atoms with Gasteiger partial charge in [0.25, 0.3) is 0 Å². The number of methoxy groups -OCH3 is 2. The van der Waals surface area contributed by atoms with E-state index in [1.165, 1.54) is 20.3 Å². The van der Waals surface area contributed by atoms with Crippen LogP contribution in [0.2, 0.25) is 0 Å². The molecule has 0 spiro atoms. The first-order valence-electron chi connectivity index (χ1n) is 5.33.